The number of rotatable bonds is 1. The summed E-state index contributed by atoms with van der Waals surface area (Å²) in [5.74, 6) is -3.01. The van der Waals surface area contributed by atoms with Gasteiger partial charge in [-0.1, -0.05) is 0 Å². The molecule has 61 valence electrons. The Morgan fingerprint density at radius 2 is 1.82 bits per heavy atom. The molecule has 0 aromatic rings. The summed E-state index contributed by atoms with van der Waals surface area (Å²) in [6.07, 6.45) is -4.91. The number of hydrogen-bond donors (Lipinski definition) is 0. The zero-order valence-corrected chi connectivity index (χ0v) is 8.06. The Kier molecular flexibility index (Phi) is 6.40. The fraction of sp³-hybridized carbons (Fsp3) is 0.400. The number of hydrogen-bond acceptors (Lipinski definition) is 2. The average Bonchev–Trinajstić information content (AvgIpc) is 1.60. The van der Waals surface area contributed by atoms with Crippen molar-refractivity contribution in [2.24, 2.45) is 0 Å². The van der Waals surface area contributed by atoms with Crippen molar-refractivity contribution in [3.8, 4) is 0 Å². The molecule has 1 radical (unpaired) electrons. The third-order valence-electron chi connectivity index (χ3n) is 0.614. The molecule has 0 fully saturated rings. The van der Waals surface area contributed by atoms with Crippen molar-refractivity contribution in [3.63, 3.8) is 0 Å². The zero-order valence-electron chi connectivity index (χ0n) is 5.44. The summed E-state index contributed by atoms with van der Waals surface area (Å²) >= 11 is 0. The van der Waals surface area contributed by atoms with Gasteiger partial charge in [0.2, 0.25) is 0 Å². The first kappa shape index (κ1) is 13.9. The Hall–Kier alpha value is 0.338. The van der Waals surface area contributed by atoms with E-state index in [9.17, 15) is 23.1 Å². The summed E-state index contributed by atoms with van der Waals surface area (Å²) in [6.45, 7) is 0.879. The summed E-state index contributed by atoms with van der Waals surface area (Å²) < 4.78 is 33.8. The Labute approximate surface area is 93.6 Å². The molecule has 0 rings (SSSR count). The van der Waals surface area contributed by atoms with Crippen LogP contribution in [-0.4, -0.2) is 12.0 Å². The molecular formula is C5H4F3O2Sm+2. The third-order valence-corrected chi connectivity index (χ3v) is 0.614. The molecular weight excluding hydrogens is 299 g/mol. The molecule has 0 aliphatic heterocycles. The van der Waals surface area contributed by atoms with E-state index in [0.29, 0.717) is 0 Å². The summed E-state index contributed by atoms with van der Waals surface area (Å²) in [5.41, 5.74) is 0. The Morgan fingerprint density at radius 3 is 1.91 bits per heavy atom. The first-order chi connectivity index (χ1) is 4.34. The normalized spacial score (nSPS) is 12.2. The Balaban J connectivity index is 0. The fourth-order valence-electron chi connectivity index (χ4n) is 0.266. The van der Waals surface area contributed by atoms with E-state index < -0.39 is 17.7 Å². The molecule has 11 heavy (non-hydrogen) atoms. The predicted molar refractivity (Wildman–Crippen MR) is 24.8 cm³/mol. The summed E-state index contributed by atoms with van der Waals surface area (Å²) in [4.78, 5) is 9.92. The van der Waals surface area contributed by atoms with E-state index >= 15 is 0 Å². The van der Waals surface area contributed by atoms with Gasteiger partial charge in [0.05, 0.1) is 0 Å². The average molecular weight is 303 g/mol. The fourth-order valence-corrected chi connectivity index (χ4v) is 0.266. The molecule has 0 spiro atoms. The van der Waals surface area contributed by atoms with Crippen molar-refractivity contribution < 1.29 is 63.5 Å². The van der Waals surface area contributed by atoms with Crippen LogP contribution in [0, 0.1) is 40.4 Å². The second kappa shape index (κ2) is 5.07. The molecule has 6 heteroatoms. The summed E-state index contributed by atoms with van der Waals surface area (Å²) in [6, 6.07) is 0. The molecule has 0 N–H and O–H groups in total. The van der Waals surface area contributed by atoms with Crippen LogP contribution in [0.3, 0.4) is 0 Å². The van der Waals surface area contributed by atoms with Crippen LogP contribution in [0.25, 0.3) is 0 Å². The van der Waals surface area contributed by atoms with E-state index in [1.807, 2.05) is 0 Å². The van der Waals surface area contributed by atoms with E-state index in [4.69, 9.17) is 0 Å². The number of allylic oxidation sites excluding steroid dienone is 2. The van der Waals surface area contributed by atoms with Crippen LogP contribution in [0.15, 0.2) is 11.8 Å². The third kappa shape index (κ3) is 6.72. The van der Waals surface area contributed by atoms with Crippen LogP contribution in [-0.2, 0) is 4.79 Å². The monoisotopic (exact) mass is 305 g/mol. The largest absolute Gasteiger partial charge is 3.00 e. The molecule has 0 bridgehead atoms. The van der Waals surface area contributed by atoms with Gasteiger partial charge >= 0.3 is 46.6 Å². The van der Waals surface area contributed by atoms with E-state index in [-0.39, 0.29) is 46.5 Å². The SMILES string of the molecule is CC(=O)C=C([O-])C(F)(F)F.[Sm+3]. The van der Waals surface area contributed by atoms with Crippen molar-refractivity contribution in [1.82, 2.24) is 0 Å². The topological polar surface area (TPSA) is 40.1 Å². The molecule has 2 nitrogen and oxygen atoms in total. The molecule has 0 unspecified atom stereocenters. The molecule has 0 saturated heterocycles. The maximum Gasteiger partial charge on any atom is 3.00 e. The van der Waals surface area contributed by atoms with Gasteiger partial charge in [0, 0.05) is 0 Å². The number of carbonyl (C=O) groups is 1. The number of carbonyl (C=O) groups excluding carboxylic acids is 1. The molecule has 0 amide bonds. The molecule has 0 saturated carbocycles. The van der Waals surface area contributed by atoms with Crippen LogP contribution in [0.1, 0.15) is 6.92 Å². The summed E-state index contributed by atoms with van der Waals surface area (Å²) in [5, 5.41) is 9.87. The molecule has 0 aromatic carbocycles. The van der Waals surface area contributed by atoms with Crippen LogP contribution >= 0.6 is 0 Å². The van der Waals surface area contributed by atoms with Gasteiger partial charge in [-0.3, -0.25) is 4.79 Å². The van der Waals surface area contributed by atoms with Gasteiger partial charge in [-0.25, -0.2) is 0 Å². The minimum Gasteiger partial charge on any atom is -0.869 e. The Bertz CT molecular complexity index is 173. The summed E-state index contributed by atoms with van der Waals surface area (Å²) in [7, 11) is 0. The van der Waals surface area contributed by atoms with Gasteiger partial charge < -0.3 is 5.11 Å². The van der Waals surface area contributed by atoms with E-state index in [1.54, 1.807) is 0 Å². The van der Waals surface area contributed by atoms with Crippen LogP contribution in [0.2, 0.25) is 0 Å². The van der Waals surface area contributed by atoms with Gasteiger partial charge in [0.15, 0.2) is 5.78 Å². The number of halogens is 3. The van der Waals surface area contributed by atoms with Crippen molar-refractivity contribution in [1.29, 1.82) is 0 Å². The molecule has 0 aromatic heterocycles. The van der Waals surface area contributed by atoms with Crippen LogP contribution in [0.5, 0.6) is 0 Å². The Morgan fingerprint density at radius 1 is 1.45 bits per heavy atom. The minimum absolute atomic E-state index is 0. The van der Waals surface area contributed by atoms with Gasteiger partial charge in [-0.2, -0.15) is 13.2 Å². The quantitative estimate of drug-likeness (QED) is 0.519. The molecule has 0 aliphatic rings. The van der Waals surface area contributed by atoms with E-state index in [0.717, 1.165) is 6.92 Å². The van der Waals surface area contributed by atoms with Crippen LogP contribution in [0.4, 0.5) is 13.2 Å². The van der Waals surface area contributed by atoms with Gasteiger partial charge in [0.25, 0.3) is 0 Å². The predicted octanol–water partition coefficient (Wildman–Crippen LogP) is 0.382. The van der Waals surface area contributed by atoms with Crippen LogP contribution < -0.4 is 5.11 Å². The first-order valence-corrected chi connectivity index (χ1v) is 2.30. The minimum atomic E-state index is -4.92. The second-order valence-electron chi connectivity index (χ2n) is 1.62. The van der Waals surface area contributed by atoms with Crippen molar-refractivity contribution in [2.45, 2.75) is 13.1 Å². The zero-order chi connectivity index (χ0) is 8.36. The first-order valence-electron chi connectivity index (χ1n) is 2.30. The smallest absolute Gasteiger partial charge is 0.869 e. The van der Waals surface area contributed by atoms with Crippen molar-refractivity contribution in [3.05, 3.63) is 11.8 Å². The van der Waals surface area contributed by atoms with E-state index in [2.05, 4.69) is 0 Å². The molecule has 0 atom stereocenters. The van der Waals surface area contributed by atoms with Gasteiger partial charge in [-0.05, 0) is 18.8 Å². The standard InChI is InChI=1S/C5H5F3O2.Sm/c1-3(9)2-4(10)5(6,7)8;/h2,10H,1H3;/q;+3/p-1. The number of alkyl halides is 3. The second-order valence-corrected chi connectivity index (χ2v) is 1.62. The maximum atomic E-state index is 11.3. The van der Waals surface area contributed by atoms with Gasteiger partial charge in [0.1, 0.15) is 0 Å². The molecule has 0 aliphatic carbocycles. The number of ketones is 1. The maximum absolute atomic E-state index is 11.3. The molecule has 0 heterocycles. The van der Waals surface area contributed by atoms with Crippen molar-refractivity contribution in [2.75, 3.05) is 0 Å². The van der Waals surface area contributed by atoms with E-state index in [1.165, 1.54) is 0 Å². The van der Waals surface area contributed by atoms with Gasteiger partial charge in [-0.15, -0.1) is 0 Å². The van der Waals surface area contributed by atoms with Crippen molar-refractivity contribution >= 4 is 5.78 Å².